The summed E-state index contributed by atoms with van der Waals surface area (Å²) in [5.74, 6) is 0.578. The zero-order valence-electron chi connectivity index (χ0n) is 19.3. The molecular formula is C25H31O9-. The van der Waals surface area contributed by atoms with Gasteiger partial charge in [0, 0.05) is 17.4 Å². The molecule has 5 rings (SSSR count). The van der Waals surface area contributed by atoms with Crippen molar-refractivity contribution in [3.8, 4) is 11.5 Å². The minimum Gasteiger partial charge on any atom is -0.547 e. The lowest BCUT2D eigenvalue weighted by Crippen LogP contribution is -2.63. The molecule has 2 saturated carbocycles. The number of aliphatic hydroxyl groups is 3. The largest absolute Gasteiger partial charge is 0.547 e. The number of rotatable bonds is 4. The van der Waals surface area contributed by atoms with Crippen LogP contribution in [0, 0.1) is 17.3 Å². The molecule has 9 heteroatoms. The number of carbonyl (C=O) groups is 2. The Morgan fingerprint density at radius 1 is 1.12 bits per heavy atom. The van der Waals surface area contributed by atoms with Crippen molar-refractivity contribution in [1.29, 1.82) is 0 Å². The second kappa shape index (κ2) is 8.48. The van der Waals surface area contributed by atoms with Gasteiger partial charge in [0.15, 0.2) is 11.5 Å². The Hall–Kier alpha value is -2.20. The maximum absolute atomic E-state index is 12.6. The van der Waals surface area contributed by atoms with Crippen LogP contribution in [0.2, 0.25) is 0 Å². The van der Waals surface area contributed by atoms with Gasteiger partial charge >= 0.3 is 0 Å². The van der Waals surface area contributed by atoms with Crippen LogP contribution in [0.25, 0.3) is 0 Å². The molecule has 1 aliphatic heterocycles. The second-order valence-electron chi connectivity index (χ2n) is 10.3. The standard InChI is InChI=1S/C25H32O9/c1-25-10-9-12-11-5-7-16(33-24-20(29)18(27)19(28)22(34-24)23(30)31)21(32-2)14(11)4-3-13(12)15(25)6-8-17(25)26/h5,7,12-13,15,18-20,22,24,27-29H,3-4,6,8-10H2,1-2H3,(H,30,31)/p-1/t12-,13-,15+,18+,19+,20-,22+,24-,25+/m1/s1. The molecule has 0 spiro atoms. The van der Waals surface area contributed by atoms with Gasteiger partial charge in [-0.1, -0.05) is 13.0 Å². The third kappa shape index (κ3) is 3.44. The molecule has 3 aliphatic carbocycles. The molecule has 9 nitrogen and oxygen atoms in total. The van der Waals surface area contributed by atoms with Crippen molar-refractivity contribution in [1.82, 2.24) is 0 Å². The van der Waals surface area contributed by atoms with Crippen LogP contribution in [0.4, 0.5) is 0 Å². The topological polar surface area (TPSA) is 146 Å². The molecule has 1 heterocycles. The molecule has 9 atom stereocenters. The van der Waals surface area contributed by atoms with Gasteiger partial charge in [-0.25, -0.2) is 0 Å². The summed E-state index contributed by atoms with van der Waals surface area (Å²) in [7, 11) is 1.52. The predicted octanol–water partition coefficient (Wildman–Crippen LogP) is 0.0567. The van der Waals surface area contributed by atoms with Crippen molar-refractivity contribution in [2.75, 3.05) is 7.11 Å². The molecule has 1 saturated heterocycles. The summed E-state index contributed by atoms with van der Waals surface area (Å²) >= 11 is 0. The molecule has 186 valence electrons. The lowest BCUT2D eigenvalue weighted by atomic mass is 9.55. The highest BCUT2D eigenvalue weighted by Crippen LogP contribution is 2.60. The summed E-state index contributed by atoms with van der Waals surface area (Å²) in [5, 5.41) is 41.6. The Morgan fingerprint density at radius 3 is 2.59 bits per heavy atom. The van der Waals surface area contributed by atoms with Crippen LogP contribution in [0.5, 0.6) is 11.5 Å². The summed E-state index contributed by atoms with van der Waals surface area (Å²) in [4.78, 5) is 23.9. The summed E-state index contributed by atoms with van der Waals surface area (Å²) < 4.78 is 16.7. The van der Waals surface area contributed by atoms with E-state index in [9.17, 15) is 30.0 Å². The van der Waals surface area contributed by atoms with Crippen molar-refractivity contribution in [2.24, 2.45) is 17.3 Å². The van der Waals surface area contributed by atoms with E-state index in [1.807, 2.05) is 6.07 Å². The lowest BCUT2D eigenvalue weighted by molar-refractivity contribution is -0.342. The average molecular weight is 476 g/mol. The van der Waals surface area contributed by atoms with E-state index in [2.05, 4.69) is 6.92 Å². The zero-order chi connectivity index (χ0) is 24.4. The first kappa shape index (κ1) is 23.5. The van der Waals surface area contributed by atoms with Gasteiger partial charge in [-0.15, -0.1) is 0 Å². The summed E-state index contributed by atoms with van der Waals surface area (Å²) in [6.07, 6.45) is -3.57. The number of aliphatic hydroxyl groups excluding tert-OH is 3. The fourth-order valence-corrected chi connectivity index (χ4v) is 6.97. The van der Waals surface area contributed by atoms with Gasteiger partial charge in [-0.3, -0.25) is 4.79 Å². The molecule has 0 bridgehead atoms. The Balaban J connectivity index is 1.42. The molecular weight excluding hydrogens is 444 g/mol. The summed E-state index contributed by atoms with van der Waals surface area (Å²) in [6, 6.07) is 3.68. The van der Waals surface area contributed by atoms with Gasteiger partial charge in [0.05, 0.1) is 13.1 Å². The molecule has 4 aliphatic rings. The number of carboxylic acid groups (broad SMARTS) is 1. The lowest BCUT2D eigenvalue weighted by Gasteiger charge is -2.48. The molecule has 0 amide bonds. The van der Waals surface area contributed by atoms with Gasteiger partial charge in [0.25, 0.3) is 0 Å². The number of fused-ring (bicyclic) bond motifs is 5. The molecule has 0 radical (unpaired) electrons. The predicted molar refractivity (Wildman–Crippen MR) is 115 cm³/mol. The Labute approximate surface area is 197 Å². The van der Waals surface area contributed by atoms with Gasteiger partial charge in [-0.2, -0.15) is 0 Å². The third-order valence-corrected chi connectivity index (χ3v) is 8.78. The average Bonchev–Trinajstić information content (AvgIpc) is 3.13. The SMILES string of the molecule is COc1c(O[C@@H]2O[C@H](C(=O)[O-])[C@@H](O)[C@H](O)[C@H]2O)ccc2c1CC[C@@H]1[C@@H]2CC[C@]2(C)C(=O)CC[C@@H]12. The number of carbonyl (C=O) groups excluding carboxylic acids is 2. The molecule has 0 aromatic heterocycles. The number of Topliss-reactive ketones (excluding diaryl/α,β-unsaturated/α-hetero) is 1. The van der Waals surface area contributed by atoms with Crippen LogP contribution in [0.15, 0.2) is 12.1 Å². The van der Waals surface area contributed by atoms with Crippen LogP contribution in [-0.4, -0.2) is 64.9 Å². The van der Waals surface area contributed by atoms with E-state index in [4.69, 9.17) is 14.2 Å². The third-order valence-electron chi connectivity index (χ3n) is 8.78. The smallest absolute Gasteiger partial charge is 0.229 e. The van der Waals surface area contributed by atoms with Crippen LogP contribution in [-0.2, 0) is 20.7 Å². The number of ether oxygens (including phenoxy) is 3. The quantitative estimate of drug-likeness (QED) is 0.550. The number of methoxy groups -OCH3 is 1. The molecule has 1 aromatic carbocycles. The van der Waals surface area contributed by atoms with E-state index < -0.39 is 36.7 Å². The van der Waals surface area contributed by atoms with Crippen molar-refractivity contribution in [3.05, 3.63) is 23.3 Å². The van der Waals surface area contributed by atoms with Crippen LogP contribution in [0.3, 0.4) is 0 Å². The van der Waals surface area contributed by atoms with Gasteiger partial charge in [0.2, 0.25) is 6.29 Å². The van der Waals surface area contributed by atoms with Crippen LogP contribution in [0.1, 0.15) is 56.1 Å². The van der Waals surface area contributed by atoms with E-state index >= 15 is 0 Å². The van der Waals surface area contributed by atoms with Crippen molar-refractivity contribution < 1.29 is 44.2 Å². The first-order valence-corrected chi connectivity index (χ1v) is 12.0. The molecule has 1 aromatic rings. The molecule has 3 fully saturated rings. The van der Waals surface area contributed by atoms with E-state index in [0.717, 1.165) is 37.7 Å². The Kier molecular flexibility index (Phi) is 5.87. The first-order chi connectivity index (χ1) is 16.2. The fraction of sp³-hybridized carbons (Fsp3) is 0.680. The van der Waals surface area contributed by atoms with Crippen molar-refractivity contribution in [3.63, 3.8) is 0 Å². The zero-order valence-corrected chi connectivity index (χ0v) is 19.3. The first-order valence-electron chi connectivity index (χ1n) is 12.0. The summed E-state index contributed by atoms with van der Waals surface area (Å²) in [5.41, 5.74) is 1.97. The van der Waals surface area contributed by atoms with E-state index in [-0.39, 0.29) is 11.2 Å². The van der Waals surface area contributed by atoms with Crippen molar-refractivity contribution >= 4 is 11.8 Å². The number of hydrogen-bond donors (Lipinski definition) is 3. The fourth-order valence-electron chi connectivity index (χ4n) is 6.97. The number of ketones is 1. The molecule has 34 heavy (non-hydrogen) atoms. The highest BCUT2D eigenvalue weighted by molar-refractivity contribution is 5.87. The maximum atomic E-state index is 12.6. The Bertz CT molecular complexity index is 993. The molecule has 0 unspecified atom stereocenters. The number of aliphatic carboxylic acids is 1. The number of hydrogen-bond acceptors (Lipinski definition) is 9. The minimum atomic E-state index is -1.85. The van der Waals surface area contributed by atoms with Gasteiger partial charge in [0.1, 0.15) is 30.2 Å². The van der Waals surface area contributed by atoms with Crippen molar-refractivity contribution in [2.45, 2.75) is 82.1 Å². The molecule has 3 N–H and O–H groups in total. The Morgan fingerprint density at radius 2 is 1.88 bits per heavy atom. The van der Waals surface area contributed by atoms with Crippen LogP contribution < -0.4 is 14.6 Å². The highest BCUT2D eigenvalue weighted by Gasteiger charge is 2.55. The summed E-state index contributed by atoms with van der Waals surface area (Å²) in [6.45, 7) is 2.14. The van der Waals surface area contributed by atoms with Crippen LogP contribution >= 0.6 is 0 Å². The van der Waals surface area contributed by atoms with Gasteiger partial charge in [-0.05, 0) is 61.5 Å². The van der Waals surface area contributed by atoms with Gasteiger partial charge < -0.3 is 39.4 Å². The number of benzene rings is 1. The normalized spacial score (nSPS) is 41.3. The highest BCUT2D eigenvalue weighted by atomic mass is 16.7. The van der Waals surface area contributed by atoms with E-state index in [0.29, 0.717) is 35.7 Å². The minimum absolute atomic E-state index is 0.207. The van der Waals surface area contributed by atoms with E-state index in [1.165, 1.54) is 12.7 Å². The second-order valence-corrected chi connectivity index (χ2v) is 10.3. The van der Waals surface area contributed by atoms with E-state index in [1.54, 1.807) is 6.07 Å². The monoisotopic (exact) mass is 475 g/mol. The number of carboxylic acids is 1. The maximum Gasteiger partial charge on any atom is 0.229 e.